The second-order valence-electron chi connectivity index (χ2n) is 4.18. The Morgan fingerprint density at radius 2 is 1.82 bits per heavy atom. The van der Waals surface area contributed by atoms with Gasteiger partial charge in [-0.1, -0.05) is 40.2 Å². The van der Waals surface area contributed by atoms with Crippen LogP contribution in [-0.4, -0.2) is 4.57 Å². The highest BCUT2D eigenvalue weighted by Gasteiger charge is 2.05. The first-order valence-corrected chi connectivity index (χ1v) is 6.37. The van der Waals surface area contributed by atoms with Crippen molar-refractivity contribution in [2.24, 2.45) is 0 Å². The highest BCUT2D eigenvalue weighted by molar-refractivity contribution is 9.10. The summed E-state index contributed by atoms with van der Waals surface area (Å²) in [6.45, 7) is 2.15. The number of hydrogen-bond acceptors (Lipinski definition) is 0. The van der Waals surface area contributed by atoms with Crippen LogP contribution in [0.25, 0.3) is 16.6 Å². The maximum absolute atomic E-state index is 3.52. The van der Waals surface area contributed by atoms with Gasteiger partial charge in [-0.05, 0) is 36.8 Å². The molecule has 17 heavy (non-hydrogen) atoms. The topological polar surface area (TPSA) is 4.93 Å². The molecule has 84 valence electrons. The molecule has 0 atom stereocenters. The number of hydrogen-bond donors (Lipinski definition) is 0. The SMILES string of the molecule is Cc1cn(-c2cccc(Br)c2)c2ccccc12. The van der Waals surface area contributed by atoms with Crippen molar-refractivity contribution in [3.63, 3.8) is 0 Å². The van der Waals surface area contributed by atoms with Crippen molar-refractivity contribution in [3.05, 3.63) is 64.8 Å². The number of rotatable bonds is 1. The van der Waals surface area contributed by atoms with Gasteiger partial charge in [0.05, 0.1) is 5.52 Å². The summed E-state index contributed by atoms with van der Waals surface area (Å²) in [4.78, 5) is 0. The summed E-state index contributed by atoms with van der Waals surface area (Å²) in [6.07, 6.45) is 2.19. The molecule has 0 aliphatic carbocycles. The number of nitrogens with zero attached hydrogens (tertiary/aromatic N) is 1. The molecule has 3 rings (SSSR count). The zero-order valence-electron chi connectivity index (χ0n) is 9.52. The van der Waals surface area contributed by atoms with E-state index in [0.717, 1.165) is 4.47 Å². The Bertz CT molecular complexity index is 682. The molecule has 1 heterocycles. The van der Waals surface area contributed by atoms with Gasteiger partial charge in [-0.3, -0.25) is 0 Å². The minimum absolute atomic E-state index is 1.10. The molecule has 0 N–H and O–H groups in total. The van der Waals surface area contributed by atoms with Crippen molar-refractivity contribution in [2.75, 3.05) is 0 Å². The summed E-state index contributed by atoms with van der Waals surface area (Å²) in [5, 5.41) is 1.31. The van der Waals surface area contributed by atoms with Gasteiger partial charge in [-0.15, -0.1) is 0 Å². The van der Waals surface area contributed by atoms with Gasteiger partial charge >= 0.3 is 0 Å². The standard InChI is InChI=1S/C15H12BrN/c1-11-10-17(13-6-4-5-12(16)9-13)15-8-3-2-7-14(11)15/h2-10H,1H3. The molecule has 3 aromatic rings. The molecule has 0 aliphatic rings. The van der Waals surface area contributed by atoms with Crippen molar-refractivity contribution < 1.29 is 0 Å². The van der Waals surface area contributed by atoms with Gasteiger partial charge in [0.2, 0.25) is 0 Å². The molecule has 0 radical (unpaired) electrons. The predicted molar refractivity (Wildman–Crippen MR) is 75.7 cm³/mol. The smallest absolute Gasteiger partial charge is 0.0531 e. The molecule has 0 spiro atoms. The van der Waals surface area contributed by atoms with Gasteiger partial charge < -0.3 is 4.57 Å². The average Bonchev–Trinajstić information content (AvgIpc) is 2.68. The van der Waals surface area contributed by atoms with Crippen molar-refractivity contribution in [1.29, 1.82) is 0 Å². The van der Waals surface area contributed by atoms with Crippen LogP contribution in [0.2, 0.25) is 0 Å². The van der Waals surface area contributed by atoms with Crippen LogP contribution in [-0.2, 0) is 0 Å². The minimum Gasteiger partial charge on any atom is -0.316 e. The summed E-state index contributed by atoms with van der Waals surface area (Å²) < 4.78 is 3.33. The highest BCUT2D eigenvalue weighted by atomic mass is 79.9. The van der Waals surface area contributed by atoms with E-state index in [9.17, 15) is 0 Å². The summed E-state index contributed by atoms with van der Waals surface area (Å²) >= 11 is 3.52. The van der Waals surface area contributed by atoms with Crippen LogP contribution < -0.4 is 0 Å². The predicted octanol–water partition coefficient (Wildman–Crippen LogP) is 4.70. The lowest BCUT2D eigenvalue weighted by Crippen LogP contribution is -1.90. The third kappa shape index (κ3) is 1.79. The Hall–Kier alpha value is -1.54. The second kappa shape index (κ2) is 4.04. The number of aryl methyl sites for hydroxylation is 1. The fourth-order valence-electron chi connectivity index (χ4n) is 2.19. The lowest BCUT2D eigenvalue weighted by atomic mass is 10.2. The average molecular weight is 286 g/mol. The van der Waals surface area contributed by atoms with E-state index in [1.54, 1.807) is 0 Å². The van der Waals surface area contributed by atoms with Gasteiger partial charge in [0, 0.05) is 21.7 Å². The van der Waals surface area contributed by atoms with Crippen molar-refractivity contribution in [3.8, 4) is 5.69 Å². The third-order valence-corrected chi connectivity index (χ3v) is 3.49. The first-order chi connectivity index (χ1) is 8.25. The normalized spacial score (nSPS) is 10.9. The van der Waals surface area contributed by atoms with E-state index in [4.69, 9.17) is 0 Å². The van der Waals surface area contributed by atoms with Gasteiger partial charge in [0.25, 0.3) is 0 Å². The fourth-order valence-corrected chi connectivity index (χ4v) is 2.58. The van der Waals surface area contributed by atoms with Crippen LogP contribution in [0.5, 0.6) is 0 Å². The van der Waals surface area contributed by atoms with E-state index < -0.39 is 0 Å². The summed E-state index contributed by atoms with van der Waals surface area (Å²) in [5.41, 5.74) is 3.74. The van der Waals surface area contributed by atoms with E-state index in [2.05, 4.69) is 76.1 Å². The second-order valence-corrected chi connectivity index (χ2v) is 5.09. The van der Waals surface area contributed by atoms with Crippen LogP contribution in [0.3, 0.4) is 0 Å². The first-order valence-electron chi connectivity index (χ1n) is 5.58. The van der Waals surface area contributed by atoms with E-state index in [0.29, 0.717) is 0 Å². The maximum atomic E-state index is 3.52. The van der Waals surface area contributed by atoms with E-state index in [-0.39, 0.29) is 0 Å². The molecule has 0 saturated heterocycles. The van der Waals surface area contributed by atoms with Crippen LogP contribution in [0.1, 0.15) is 5.56 Å². The number of para-hydroxylation sites is 1. The van der Waals surface area contributed by atoms with Crippen LogP contribution in [0.4, 0.5) is 0 Å². The molecular formula is C15H12BrN. The molecule has 2 heteroatoms. The Morgan fingerprint density at radius 3 is 2.65 bits per heavy atom. The van der Waals surface area contributed by atoms with Crippen LogP contribution in [0, 0.1) is 6.92 Å². The zero-order valence-corrected chi connectivity index (χ0v) is 11.1. The van der Waals surface area contributed by atoms with E-state index >= 15 is 0 Å². The summed E-state index contributed by atoms with van der Waals surface area (Å²) in [6, 6.07) is 16.8. The third-order valence-electron chi connectivity index (χ3n) is 3.00. The van der Waals surface area contributed by atoms with Crippen molar-refractivity contribution in [2.45, 2.75) is 6.92 Å². The van der Waals surface area contributed by atoms with Crippen LogP contribution >= 0.6 is 15.9 Å². The Kier molecular flexibility index (Phi) is 2.52. The fraction of sp³-hybridized carbons (Fsp3) is 0.0667. The van der Waals surface area contributed by atoms with Gasteiger partial charge in [-0.2, -0.15) is 0 Å². The summed E-state index contributed by atoms with van der Waals surface area (Å²) in [7, 11) is 0. The maximum Gasteiger partial charge on any atom is 0.0531 e. The highest BCUT2D eigenvalue weighted by Crippen LogP contribution is 2.25. The van der Waals surface area contributed by atoms with Crippen LogP contribution in [0.15, 0.2) is 59.2 Å². The Labute approximate surface area is 109 Å². The zero-order chi connectivity index (χ0) is 11.8. The van der Waals surface area contributed by atoms with Crippen molar-refractivity contribution >= 4 is 26.8 Å². The molecule has 0 saturated carbocycles. The van der Waals surface area contributed by atoms with Gasteiger partial charge in [0.15, 0.2) is 0 Å². The molecule has 0 bridgehead atoms. The van der Waals surface area contributed by atoms with E-state index in [1.807, 2.05) is 6.07 Å². The van der Waals surface area contributed by atoms with Gasteiger partial charge in [-0.25, -0.2) is 0 Å². The number of aromatic nitrogens is 1. The quantitative estimate of drug-likeness (QED) is 0.611. The van der Waals surface area contributed by atoms with Gasteiger partial charge in [0.1, 0.15) is 0 Å². The van der Waals surface area contributed by atoms with Crippen molar-refractivity contribution in [1.82, 2.24) is 4.57 Å². The first kappa shape index (κ1) is 10.6. The largest absolute Gasteiger partial charge is 0.316 e. The monoisotopic (exact) mass is 285 g/mol. The number of benzene rings is 2. The Morgan fingerprint density at radius 1 is 1.00 bits per heavy atom. The van der Waals surface area contributed by atoms with E-state index in [1.165, 1.54) is 22.2 Å². The lowest BCUT2D eigenvalue weighted by Gasteiger charge is -2.05. The molecule has 1 nitrogen and oxygen atoms in total. The molecule has 0 aliphatic heterocycles. The molecule has 0 amide bonds. The molecule has 1 aromatic heterocycles. The Balaban J connectivity index is 2.31. The minimum atomic E-state index is 1.10. The molecule has 2 aromatic carbocycles. The number of halogens is 1. The number of fused-ring (bicyclic) bond motifs is 1. The molecular weight excluding hydrogens is 274 g/mol. The lowest BCUT2D eigenvalue weighted by molar-refractivity contribution is 1.12. The molecule has 0 fully saturated rings. The summed E-state index contributed by atoms with van der Waals surface area (Å²) in [5.74, 6) is 0. The molecule has 0 unspecified atom stereocenters.